The van der Waals surface area contributed by atoms with Gasteiger partial charge in [-0.2, -0.15) is 13.5 Å². The van der Waals surface area contributed by atoms with E-state index in [4.69, 9.17) is 14.3 Å². The molecule has 1 fully saturated rings. The van der Waals surface area contributed by atoms with E-state index in [1.165, 1.54) is 22.7 Å². The van der Waals surface area contributed by atoms with Gasteiger partial charge in [-0.15, -0.1) is 11.3 Å². The molecule has 42 heavy (non-hydrogen) atoms. The van der Waals surface area contributed by atoms with Crippen LogP contribution in [0.5, 0.6) is 0 Å². The number of thiazole rings is 1. The van der Waals surface area contributed by atoms with Crippen LogP contribution in [0.25, 0.3) is 0 Å². The molecule has 2 aromatic heterocycles. The van der Waals surface area contributed by atoms with Gasteiger partial charge in [0.05, 0.1) is 12.6 Å². The van der Waals surface area contributed by atoms with Crippen molar-refractivity contribution in [3.8, 4) is 0 Å². The van der Waals surface area contributed by atoms with Gasteiger partial charge in [0.25, 0.3) is 11.8 Å². The van der Waals surface area contributed by atoms with Gasteiger partial charge in [-0.05, 0) is 41.5 Å². The van der Waals surface area contributed by atoms with E-state index in [9.17, 15) is 32.1 Å². The summed E-state index contributed by atoms with van der Waals surface area (Å²) in [5.74, 6) is -2.97. The molecule has 3 amide bonds. The number of nitrogens with one attached hydrogen (secondary N) is 2. The summed E-state index contributed by atoms with van der Waals surface area (Å²) in [5.41, 5.74) is -2.26. The number of amides is 3. The standard InChI is InChI=1S/C22H30N8O10S2/c1-21(2,3)39-14(31)8-38-28-15(12-9-41-19(25-12)27-20(34)40-22(4,5)6)17(32)26-16-13(7-29-11-23-10-24-29)30(18(16)33)42(35,36)37/h9-11,13,16H,7-8H2,1-6H3,(H,26,32)(H,25,27,34)(H,35,36,37)/b28-15-/t13-,16+/m1/s1. The predicted octanol–water partition coefficient (Wildman–Crippen LogP) is 0.343. The molecule has 1 aliphatic rings. The highest BCUT2D eigenvalue weighted by molar-refractivity contribution is 7.84. The third-order valence-electron chi connectivity index (χ3n) is 4.87. The van der Waals surface area contributed by atoms with Crippen molar-refractivity contribution in [2.45, 2.75) is 71.4 Å². The molecule has 0 saturated carbocycles. The van der Waals surface area contributed by atoms with E-state index >= 15 is 0 Å². The van der Waals surface area contributed by atoms with Gasteiger partial charge in [0.1, 0.15) is 35.6 Å². The highest BCUT2D eigenvalue weighted by Gasteiger charge is 2.54. The van der Waals surface area contributed by atoms with Gasteiger partial charge in [0, 0.05) is 5.38 Å². The van der Waals surface area contributed by atoms with Crippen LogP contribution in [0.3, 0.4) is 0 Å². The summed E-state index contributed by atoms with van der Waals surface area (Å²) in [6.07, 6.45) is 1.60. The third kappa shape index (κ3) is 8.91. The molecule has 0 spiro atoms. The zero-order chi connectivity index (χ0) is 31.5. The molecule has 20 heteroatoms. The largest absolute Gasteiger partial charge is 0.457 e. The first-order valence-corrected chi connectivity index (χ1v) is 14.4. The Morgan fingerprint density at radius 2 is 1.81 bits per heavy atom. The maximum Gasteiger partial charge on any atom is 0.413 e. The number of hydrogen-bond donors (Lipinski definition) is 3. The van der Waals surface area contributed by atoms with Gasteiger partial charge < -0.3 is 19.6 Å². The zero-order valence-electron chi connectivity index (χ0n) is 23.4. The second kappa shape index (κ2) is 12.4. The van der Waals surface area contributed by atoms with Crippen LogP contribution in [0.4, 0.5) is 9.93 Å². The van der Waals surface area contributed by atoms with Crippen LogP contribution in [-0.4, -0.2) is 96.5 Å². The predicted molar refractivity (Wildman–Crippen MR) is 144 cm³/mol. The van der Waals surface area contributed by atoms with Gasteiger partial charge in [0.15, 0.2) is 10.8 Å². The Labute approximate surface area is 244 Å². The number of ether oxygens (including phenoxy) is 2. The normalized spacial score (nSPS) is 17.7. The van der Waals surface area contributed by atoms with Crippen molar-refractivity contribution in [1.29, 1.82) is 0 Å². The van der Waals surface area contributed by atoms with Gasteiger partial charge in [0.2, 0.25) is 6.61 Å². The van der Waals surface area contributed by atoms with Gasteiger partial charge in [-0.25, -0.2) is 23.9 Å². The van der Waals surface area contributed by atoms with Crippen LogP contribution in [0.2, 0.25) is 0 Å². The van der Waals surface area contributed by atoms with Crippen LogP contribution in [0.1, 0.15) is 47.2 Å². The number of carbonyl (C=O) groups excluding carboxylic acids is 4. The van der Waals surface area contributed by atoms with Crippen molar-refractivity contribution >= 4 is 56.4 Å². The molecule has 2 aromatic rings. The van der Waals surface area contributed by atoms with E-state index < -0.39 is 69.8 Å². The summed E-state index contributed by atoms with van der Waals surface area (Å²) in [5, 5.41) is 13.7. The van der Waals surface area contributed by atoms with Crippen molar-refractivity contribution in [2.24, 2.45) is 5.16 Å². The number of nitrogens with zero attached hydrogens (tertiary/aromatic N) is 6. The molecule has 0 radical (unpaired) electrons. The highest BCUT2D eigenvalue weighted by atomic mass is 32.2. The molecule has 2 atom stereocenters. The fraction of sp³-hybridized carbons (Fsp3) is 0.545. The quantitative estimate of drug-likeness (QED) is 0.106. The number of anilines is 1. The molecule has 0 aliphatic carbocycles. The SMILES string of the molecule is CC(C)(C)OC(=O)CO/N=C(\C(=O)N[C@@H]1C(=O)N(S(=O)(=O)O)[C@@H]1Cn1cncn1)c1csc(NC(=O)OC(C)(C)C)n1. The lowest BCUT2D eigenvalue weighted by atomic mass is 9.98. The van der Waals surface area contributed by atoms with E-state index in [0.29, 0.717) is 0 Å². The molecule has 1 saturated heterocycles. The van der Waals surface area contributed by atoms with Crippen LogP contribution in [0.15, 0.2) is 23.2 Å². The molecule has 1 aliphatic heterocycles. The number of esters is 1. The third-order valence-corrected chi connectivity index (χ3v) is 6.58. The average molecular weight is 631 g/mol. The fourth-order valence-corrected chi connectivity index (χ4v) is 4.98. The highest BCUT2D eigenvalue weighted by Crippen LogP contribution is 2.25. The molecular weight excluding hydrogens is 600 g/mol. The first kappa shape index (κ1) is 32.3. The lowest BCUT2D eigenvalue weighted by molar-refractivity contribution is -0.160. The van der Waals surface area contributed by atoms with Gasteiger partial charge >= 0.3 is 22.4 Å². The fourth-order valence-electron chi connectivity index (χ4n) is 3.42. The number of carbonyl (C=O) groups is 4. The lowest BCUT2D eigenvalue weighted by Crippen LogP contribution is -2.73. The Kier molecular flexibility index (Phi) is 9.53. The minimum Gasteiger partial charge on any atom is -0.457 e. The second-order valence-electron chi connectivity index (χ2n) is 10.7. The number of aromatic nitrogens is 4. The molecular formula is C22H30N8O10S2. The van der Waals surface area contributed by atoms with E-state index in [1.807, 2.05) is 0 Å². The van der Waals surface area contributed by atoms with Gasteiger partial charge in [-0.3, -0.25) is 24.1 Å². The summed E-state index contributed by atoms with van der Waals surface area (Å²) in [7, 11) is -4.97. The summed E-state index contributed by atoms with van der Waals surface area (Å²) < 4.78 is 44.8. The molecule has 230 valence electrons. The summed E-state index contributed by atoms with van der Waals surface area (Å²) in [6, 6.07) is -2.72. The molecule has 0 unspecified atom stereocenters. The second-order valence-corrected chi connectivity index (χ2v) is 12.9. The zero-order valence-corrected chi connectivity index (χ0v) is 25.1. The maximum absolute atomic E-state index is 13.3. The molecule has 3 rings (SSSR count). The van der Waals surface area contributed by atoms with E-state index in [0.717, 1.165) is 11.3 Å². The summed E-state index contributed by atoms with van der Waals surface area (Å²) in [6.45, 7) is 8.98. The Hall–Kier alpha value is -4.17. The van der Waals surface area contributed by atoms with Crippen LogP contribution >= 0.6 is 11.3 Å². The minimum atomic E-state index is -4.97. The Balaban J connectivity index is 1.84. The average Bonchev–Trinajstić information content (AvgIpc) is 3.48. The van der Waals surface area contributed by atoms with Crippen LogP contribution < -0.4 is 10.6 Å². The number of hydrogen-bond acceptors (Lipinski definition) is 14. The van der Waals surface area contributed by atoms with E-state index in [2.05, 4.69) is 30.9 Å². The Morgan fingerprint density at radius 1 is 1.14 bits per heavy atom. The van der Waals surface area contributed by atoms with Crippen molar-refractivity contribution in [3.05, 3.63) is 23.7 Å². The number of β-lactam (4-membered cyclic amide) rings is 1. The maximum atomic E-state index is 13.3. The van der Waals surface area contributed by atoms with E-state index in [1.54, 1.807) is 41.5 Å². The topological polar surface area (TPSA) is 234 Å². The summed E-state index contributed by atoms with van der Waals surface area (Å²) in [4.78, 5) is 63.0. The van der Waals surface area contributed by atoms with Crippen molar-refractivity contribution in [2.75, 3.05) is 11.9 Å². The molecule has 0 bridgehead atoms. The van der Waals surface area contributed by atoms with Crippen molar-refractivity contribution in [1.82, 2.24) is 29.4 Å². The van der Waals surface area contributed by atoms with Gasteiger partial charge in [-0.1, -0.05) is 5.16 Å². The number of oxime groups is 1. The first-order chi connectivity index (χ1) is 19.3. The first-order valence-electron chi connectivity index (χ1n) is 12.2. The summed E-state index contributed by atoms with van der Waals surface area (Å²) >= 11 is 0.906. The van der Waals surface area contributed by atoms with E-state index in [-0.39, 0.29) is 21.7 Å². The minimum absolute atomic E-state index is 0.0215. The van der Waals surface area contributed by atoms with Crippen LogP contribution in [-0.2, 0) is 45.5 Å². The molecule has 3 N–H and O–H groups in total. The van der Waals surface area contributed by atoms with Crippen LogP contribution in [0, 0.1) is 0 Å². The Bertz CT molecular complexity index is 1460. The van der Waals surface area contributed by atoms with Crippen molar-refractivity contribution in [3.63, 3.8) is 0 Å². The molecule has 18 nitrogen and oxygen atoms in total. The lowest BCUT2D eigenvalue weighted by Gasteiger charge is -2.43. The Morgan fingerprint density at radius 3 is 2.38 bits per heavy atom. The smallest absolute Gasteiger partial charge is 0.413 e. The van der Waals surface area contributed by atoms with Crippen molar-refractivity contribution < 1.29 is 46.5 Å². The molecule has 3 heterocycles. The number of rotatable bonds is 10. The monoisotopic (exact) mass is 630 g/mol. The molecule has 0 aromatic carbocycles.